The van der Waals surface area contributed by atoms with Crippen LogP contribution in [0.1, 0.15) is 48.3 Å². The number of oxazole rings is 1. The average molecular weight is 489 g/mol. The van der Waals surface area contributed by atoms with Crippen molar-refractivity contribution in [2.45, 2.75) is 39.3 Å². The van der Waals surface area contributed by atoms with Crippen LogP contribution >= 0.6 is 0 Å². The van der Waals surface area contributed by atoms with Gasteiger partial charge >= 0.3 is 0 Å². The minimum atomic E-state index is -0.172. The summed E-state index contributed by atoms with van der Waals surface area (Å²) in [6, 6.07) is 16.3. The molecule has 0 aliphatic carbocycles. The molecule has 8 heteroatoms. The van der Waals surface area contributed by atoms with Crippen molar-refractivity contribution in [2.24, 2.45) is 0 Å². The van der Waals surface area contributed by atoms with Crippen LogP contribution in [0.3, 0.4) is 0 Å². The fraction of sp³-hybridized carbons (Fsp3) is 0.393. The minimum absolute atomic E-state index is 0.0401. The molecular weight excluding hydrogens is 456 g/mol. The fourth-order valence-corrected chi connectivity index (χ4v) is 4.57. The molecule has 0 unspecified atom stereocenters. The Balaban J connectivity index is 1.24. The number of nitrogens with zero attached hydrogens (tertiary/aromatic N) is 4. The highest BCUT2D eigenvalue weighted by Crippen LogP contribution is 2.37. The molecule has 3 heterocycles. The number of amides is 2. The molecule has 0 atom stereocenters. The van der Waals surface area contributed by atoms with Crippen molar-refractivity contribution in [1.29, 1.82) is 0 Å². The molecule has 1 saturated heterocycles. The lowest BCUT2D eigenvalue weighted by Gasteiger charge is -2.34. The van der Waals surface area contributed by atoms with Crippen LogP contribution in [0.2, 0.25) is 0 Å². The van der Waals surface area contributed by atoms with Crippen molar-refractivity contribution in [1.82, 2.24) is 14.8 Å². The van der Waals surface area contributed by atoms with E-state index < -0.39 is 0 Å². The highest BCUT2D eigenvalue weighted by atomic mass is 16.5. The number of anilines is 1. The Kier molecular flexibility index (Phi) is 6.53. The lowest BCUT2D eigenvalue weighted by Crippen LogP contribution is -2.48. The maximum absolute atomic E-state index is 13.1. The lowest BCUT2D eigenvalue weighted by atomic mass is 9.86. The molecule has 2 aliphatic heterocycles. The van der Waals surface area contributed by atoms with Gasteiger partial charge in [-0.2, -0.15) is 0 Å². The van der Waals surface area contributed by atoms with Crippen LogP contribution < -0.4 is 9.64 Å². The summed E-state index contributed by atoms with van der Waals surface area (Å²) in [5.74, 6) is 0.657. The van der Waals surface area contributed by atoms with Gasteiger partial charge in [-0.25, -0.2) is 4.98 Å². The predicted octanol–water partition coefficient (Wildman–Crippen LogP) is 3.86. The van der Waals surface area contributed by atoms with E-state index in [1.54, 1.807) is 4.90 Å². The topological polar surface area (TPSA) is 79.1 Å². The average Bonchev–Trinajstić information content (AvgIpc) is 3.34. The third-order valence-corrected chi connectivity index (χ3v) is 6.74. The molecule has 0 radical (unpaired) electrons. The molecule has 3 aromatic rings. The Morgan fingerprint density at radius 3 is 2.47 bits per heavy atom. The molecule has 1 fully saturated rings. The van der Waals surface area contributed by atoms with Crippen LogP contribution in [-0.4, -0.2) is 59.4 Å². The molecule has 2 aromatic carbocycles. The normalized spacial score (nSPS) is 16.6. The van der Waals surface area contributed by atoms with E-state index in [0.717, 1.165) is 25.2 Å². The standard InChI is InChI=1S/C28H32N4O4/c1-28(2,3)21-9-10-24-23(15-21)32(26(33)19-35-24)17-25-29-22(18-36-25)27(34)31-13-11-30(12-14-31)16-20-7-5-4-6-8-20/h4-10,15,18H,11-14,16-17,19H2,1-3H3. The number of rotatable bonds is 5. The van der Waals surface area contributed by atoms with Gasteiger partial charge in [0.05, 0.1) is 5.69 Å². The van der Waals surface area contributed by atoms with E-state index >= 15 is 0 Å². The summed E-state index contributed by atoms with van der Waals surface area (Å²) in [5, 5.41) is 0. The number of ether oxygens (including phenoxy) is 1. The lowest BCUT2D eigenvalue weighted by molar-refractivity contribution is -0.121. The van der Waals surface area contributed by atoms with Crippen LogP contribution in [0.5, 0.6) is 5.75 Å². The van der Waals surface area contributed by atoms with Gasteiger partial charge in [0.25, 0.3) is 11.8 Å². The third kappa shape index (κ3) is 5.14. The summed E-state index contributed by atoms with van der Waals surface area (Å²) in [4.78, 5) is 36.0. The molecule has 0 bridgehead atoms. The van der Waals surface area contributed by atoms with Crippen molar-refractivity contribution in [3.05, 3.63) is 77.5 Å². The number of aromatic nitrogens is 1. The molecule has 0 N–H and O–H groups in total. The molecule has 8 nitrogen and oxygen atoms in total. The predicted molar refractivity (Wildman–Crippen MR) is 136 cm³/mol. The highest BCUT2D eigenvalue weighted by Gasteiger charge is 2.30. The summed E-state index contributed by atoms with van der Waals surface area (Å²) in [7, 11) is 0. The molecule has 1 aromatic heterocycles. The summed E-state index contributed by atoms with van der Waals surface area (Å²) < 4.78 is 11.3. The van der Waals surface area contributed by atoms with E-state index in [-0.39, 0.29) is 36.1 Å². The van der Waals surface area contributed by atoms with E-state index in [2.05, 4.69) is 42.8 Å². The first-order chi connectivity index (χ1) is 17.3. The van der Waals surface area contributed by atoms with Gasteiger partial charge in [-0.15, -0.1) is 0 Å². The second-order valence-corrected chi connectivity index (χ2v) is 10.4. The Labute approximate surface area is 211 Å². The largest absolute Gasteiger partial charge is 0.482 e. The number of carbonyl (C=O) groups is 2. The fourth-order valence-electron chi connectivity index (χ4n) is 4.57. The molecule has 188 valence electrons. The highest BCUT2D eigenvalue weighted by molar-refractivity contribution is 5.98. The zero-order chi connectivity index (χ0) is 25.3. The summed E-state index contributed by atoms with van der Waals surface area (Å²) >= 11 is 0. The molecule has 2 aliphatic rings. The Morgan fingerprint density at radius 1 is 1.00 bits per heavy atom. The smallest absolute Gasteiger partial charge is 0.275 e. The number of carbonyl (C=O) groups excluding carboxylic acids is 2. The Bertz CT molecular complexity index is 1240. The number of hydrogen-bond donors (Lipinski definition) is 0. The summed E-state index contributed by atoms with van der Waals surface area (Å²) in [5.41, 5.74) is 3.26. The quantitative estimate of drug-likeness (QED) is 0.543. The van der Waals surface area contributed by atoms with Crippen LogP contribution in [0.25, 0.3) is 0 Å². The van der Waals surface area contributed by atoms with E-state index in [0.29, 0.717) is 30.4 Å². The molecule has 0 spiro atoms. The van der Waals surface area contributed by atoms with Crippen molar-refractivity contribution >= 4 is 17.5 Å². The minimum Gasteiger partial charge on any atom is -0.482 e. The van der Waals surface area contributed by atoms with Crippen molar-refractivity contribution in [3.63, 3.8) is 0 Å². The van der Waals surface area contributed by atoms with Gasteiger partial charge < -0.3 is 14.1 Å². The van der Waals surface area contributed by atoms with E-state index in [9.17, 15) is 9.59 Å². The third-order valence-electron chi connectivity index (χ3n) is 6.74. The van der Waals surface area contributed by atoms with Crippen molar-refractivity contribution in [2.75, 3.05) is 37.7 Å². The van der Waals surface area contributed by atoms with Crippen molar-refractivity contribution in [3.8, 4) is 5.75 Å². The SMILES string of the molecule is CC(C)(C)c1ccc2c(c1)N(Cc1nc(C(=O)N3CCN(Cc4ccccc4)CC3)co1)C(=O)CO2. The van der Waals surface area contributed by atoms with Crippen LogP contribution in [0.4, 0.5) is 5.69 Å². The molecule has 2 amide bonds. The van der Waals surface area contributed by atoms with Gasteiger partial charge in [-0.05, 0) is 28.7 Å². The number of fused-ring (bicyclic) bond motifs is 1. The van der Waals surface area contributed by atoms with Gasteiger partial charge in [-0.1, -0.05) is 57.2 Å². The van der Waals surface area contributed by atoms with Crippen LogP contribution in [0.15, 0.2) is 59.2 Å². The van der Waals surface area contributed by atoms with Gasteiger partial charge in [0, 0.05) is 32.7 Å². The van der Waals surface area contributed by atoms with Gasteiger partial charge in [0.1, 0.15) is 18.6 Å². The maximum atomic E-state index is 13.1. The number of benzene rings is 2. The van der Waals surface area contributed by atoms with E-state index in [1.807, 2.05) is 41.3 Å². The molecule has 36 heavy (non-hydrogen) atoms. The van der Waals surface area contributed by atoms with Gasteiger partial charge in [0.15, 0.2) is 12.3 Å². The summed E-state index contributed by atoms with van der Waals surface area (Å²) in [6.45, 7) is 10.2. The Hall–Kier alpha value is -3.65. The number of hydrogen-bond acceptors (Lipinski definition) is 6. The second-order valence-electron chi connectivity index (χ2n) is 10.4. The zero-order valence-electron chi connectivity index (χ0n) is 21.1. The first kappa shape index (κ1) is 24.1. The first-order valence-electron chi connectivity index (χ1n) is 12.4. The van der Waals surface area contributed by atoms with Crippen LogP contribution in [-0.2, 0) is 23.3 Å². The first-order valence-corrected chi connectivity index (χ1v) is 12.4. The Morgan fingerprint density at radius 2 is 1.75 bits per heavy atom. The van der Waals surface area contributed by atoms with Gasteiger partial charge in [0.2, 0.25) is 5.89 Å². The number of piperazine rings is 1. The summed E-state index contributed by atoms with van der Waals surface area (Å²) in [6.07, 6.45) is 1.39. The van der Waals surface area contributed by atoms with Crippen LogP contribution in [0, 0.1) is 0 Å². The second kappa shape index (κ2) is 9.78. The van der Waals surface area contributed by atoms with E-state index in [4.69, 9.17) is 9.15 Å². The maximum Gasteiger partial charge on any atom is 0.275 e. The van der Waals surface area contributed by atoms with E-state index in [1.165, 1.54) is 11.8 Å². The molecular formula is C28H32N4O4. The molecule has 5 rings (SSSR count). The van der Waals surface area contributed by atoms with Gasteiger partial charge in [-0.3, -0.25) is 19.4 Å². The zero-order valence-corrected chi connectivity index (χ0v) is 21.1. The monoisotopic (exact) mass is 488 g/mol. The molecule has 0 saturated carbocycles. The van der Waals surface area contributed by atoms with Crippen molar-refractivity contribution < 1.29 is 18.7 Å².